The molecule has 0 amide bonds. The largest absolute Gasteiger partial charge is 0.489 e. The molecule has 2 nitrogen and oxygen atoms in total. The average Bonchev–Trinajstić information content (AvgIpc) is 3.30. The van der Waals surface area contributed by atoms with Gasteiger partial charge < -0.3 is 10.1 Å². The molecule has 1 fully saturated rings. The van der Waals surface area contributed by atoms with Crippen LogP contribution < -0.4 is 10.1 Å². The smallest absolute Gasteiger partial charge is 0.124 e. The number of ether oxygens (including phenoxy) is 1. The SMILES string of the molecule is Brc1ccc(OCc2ccc(I)cc2)c(CNC2CC2)c1. The number of benzene rings is 2. The summed E-state index contributed by atoms with van der Waals surface area (Å²) < 4.78 is 8.35. The Balaban J connectivity index is 1.66. The lowest BCUT2D eigenvalue weighted by atomic mass is 10.2. The lowest BCUT2D eigenvalue weighted by molar-refractivity contribution is 0.302. The minimum atomic E-state index is 0.606. The van der Waals surface area contributed by atoms with Gasteiger partial charge in [-0.15, -0.1) is 0 Å². The predicted octanol–water partition coefficient (Wildman–Crippen LogP) is 4.88. The van der Waals surface area contributed by atoms with Gasteiger partial charge in [0.15, 0.2) is 0 Å². The van der Waals surface area contributed by atoms with E-state index in [4.69, 9.17) is 4.74 Å². The lowest BCUT2D eigenvalue weighted by Crippen LogP contribution is -2.16. The maximum absolute atomic E-state index is 6.01. The fourth-order valence-electron chi connectivity index (χ4n) is 2.11. The molecule has 21 heavy (non-hydrogen) atoms. The third-order valence-electron chi connectivity index (χ3n) is 3.49. The number of hydrogen-bond acceptors (Lipinski definition) is 2. The first kappa shape index (κ1) is 15.3. The number of halogens is 2. The minimum absolute atomic E-state index is 0.606. The molecule has 110 valence electrons. The van der Waals surface area contributed by atoms with Crippen LogP contribution in [-0.2, 0) is 13.2 Å². The van der Waals surface area contributed by atoms with Crippen molar-refractivity contribution in [2.45, 2.75) is 32.0 Å². The van der Waals surface area contributed by atoms with Gasteiger partial charge >= 0.3 is 0 Å². The summed E-state index contributed by atoms with van der Waals surface area (Å²) in [6, 6.07) is 15.4. The van der Waals surface area contributed by atoms with Crippen LogP contribution in [0, 0.1) is 3.57 Å². The maximum atomic E-state index is 6.01. The van der Waals surface area contributed by atoms with E-state index in [9.17, 15) is 0 Å². The van der Waals surface area contributed by atoms with Crippen molar-refractivity contribution in [3.8, 4) is 5.75 Å². The Morgan fingerprint density at radius 1 is 1.14 bits per heavy atom. The van der Waals surface area contributed by atoms with E-state index >= 15 is 0 Å². The molecule has 1 saturated carbocycles. The Labute approximate surface area is 147 Å². The molecular weight excluding hydrogens is 441 g/mol. The van der Waals surface area contributed by atoms with Crippen molar-refractivity contribution in [2.75, 3.05) is 0 Å². The molecule has 0 saturated heterocycles. The van der Waals surface area contributed by atoms with Gasteiger partial charge in [-0.25, -0.2) is 0 Å². The zero-order valence-corrected chi connectivity index (χ0v) is 15.4. The van der Waals surface area contributed by atoms with Crippen molar-refractivity contribution in [3.63, 3.8) is 0 Å². The summed E-state index contributed by atoms with van der Waals surface area (Å²) in [6.07, 6.45) is 2.60. The van der Waals surface area contributed by atoms with Crippen molar-refractivity contribution >= 4 is 38.5 Å². The predicted molar refractivity (Wildman–Crippen MR) is 97.5 cm³/mol. The number of nitrogens with one attached hydrogen (secondary N) is 1. The molecule has 0 radical (unpaired) electrons. The molecular formula is C17H17BrINO. The first-order valence-electron chi connectivity index (χ1n) is 7.10. The molecule has 0 unspecified atom stereocenters. The van der Waals surface area contributed by atoms with E-state index in [0.717, 1.165) is 16.8 Å². The van der Waals surface area contributed by atoms with Gasteiger partial charge in [0, 0.05) is 26.2 Å². The average molecular weight is 458 g/mol. The Bertz CT molecular complexity index is 611. The van der Waals surface area contributed by atoms with Crippen molar-refractivity contribution in [2.24, 2.45) is 0 Å². The van der Waals surface area contributed by atoms with Crippen LogP contribution in [0.3, 0.4) is 0 Å². The molecule has 3 rings (SSSR count). The second-order valence-corrected chi connectivity index (χ2v) is 7.48. The highest BCUT2D eigenvalue weighted by Crippen LogP contribution is 2.26. The van der Waals surface area contributed by atoms with Gasteiger partial charge in [-0.3, -0.25) is 0 Å². The van der Waals surface area contributed by atoms with E-state index in [1.54, 1.807) is 0 Å². The van der Waals surface area contributed by atoms with Gasteiger partial charge in [0.2, 0.25) is 0 Å². The summed E-state index contributed by atoms with van der Waals surface area (Å²) in [7, 11) is 0. The van der Waals surface area contributed by atoms with Gasteiger partial charge in [-0.1, -0.05) is 28.1 Å². The zero-order valence-electron chi connectivity index (χ0n) is 11.6. The van der Waals surface area contributed by atoms with Crippen LogP contribution in [0.2, 0.25) is 0 Å². The highest BCUT2D eigenvalue weighted by molar-refractivity contribution is 14.1. The molecule has 0 heterocycles. The van der Waals surface area contributed by atoms with Crippen molar-refractivity contribution in [3.05, 3.63) is 61.6 Å². The van der Waals surface area contributed by atoms with E-state index in [0.29, 0.717) is 12.6 Å². The summed E-state index contributed by atoms with van der Waals surface area (Å²) >= 11 is 5.85. The third-order valence-corrected chi connectivity index (χ3v) is 4.70. The second kappa shape index (κ2) is 7.11. The van der Waals surface area contributed by atoms with E-state index in [-0.39, 0.29) is 0 Å². The Kier molecular flexibility index (Phi) is 5.19. The van der Waals surface area contributed by atoms with E-state index in [1.807, 2.05) is 12.1 Å². The fourth-order valence-corrected chi connectivity index (χ4v) is 2.88. The van der Waals surface area contributed by atoms with Gasteiger partial charge in [0.25, 0.3) is 0 Å². The first-order chi connectivity index (χ1) is 10.2. The van der Waals surface area contributed by atoms with Crippen LogP contribution in [0.1, 0.15) is 24.0 Å². The molecule has 0 atom stereocenters. The molecule has 0 aromatic heterocycles. The molecule has 0 bridgehead atoms. The van der Waals surface area contributed by atoms with Gasteiger partial charge in [-0.2, -0.15) is 0 Å². The highest BCUT2D eigenvalue weighted by Gasteiger charge is 2.20. The van der Waals surface area contributed by atoms with E-state index in [2.05, 4.69) is 74.2 Å². The monoisotopic (exact) mass is 457 g/mol. The van der Waals surface area contributed by atoms with Crippen molar-refractivity contribution in [1.82, 2.24) is 5.32 Å². The van der Waals surface area contributed by atoms with Crippen LogP contribution in [0.15, 0.2) is 46.9 Å². The van der Waals surface area contributed by atoms with Gasteiger partial charge in [0.05, 0.1) is 0 Å². The lowest BCUT2D eigenvalue weighted by Gasteiger charge is -2.13. The Morgan fingerprint density at radius 2 is 1.90 bits per heavy atom. The molecule has 1 N–H and O–H groups in total. The maximum Gasteiger partial charge on any atom is 0.124 e. The topological polar surface area (TPSA) is 21.3 Å². The number of rotatable bonds is 6. The highest BCUT2D eigenvalue weighted by atomic mass is 127. The third kappa shape index (κ3) is 4.69. The van der Waals surface area contributed by atoms with E-state index < -0.39 is 0 Å². The van der Waals surface area contributed by atoms with Crippen molar-refractivity contribution in [1.29, 1.82) is 0 Å². The van der Waals surface area contributed by atoms with Gasteiger partial charge in [-0.05, 0) is 71.3 Å². The van der Waals surface area contributed by atoms with Crippen LogP contribution in [0.4, 0.5) is 0 Å². The van der Waals surface area contributed by atoms with Gasteiger partial charge in [0.1, 0.15) is 12.4 Å². The Hall–Kier alpha value is -0.590. The fraction of sp³-hybridized carbons (Fsp3) is 0.294. The molecule has 0 aliphatic heterocycles. The quantitative estimate of drug-likeness (QED) is 0.624. The molecule has 4 heteroatoms. The van der Waals surface area contributed by atoms with Crippen LogP contribution in [-0.4, -0.2) is 6.04 Å². The number of hydrogen-bond donors (Lipinski definition) is 1. The summed E-state index contributed by atoms with van der Waals surface area (Å²) in [5.41, 5.74) is 2.40. The summed E-state index contributed by atoms with van der Waals surface area (Å²) in [5, 5.41) is 3.54. The van der Waals surface area contributed by atoms with Crippen molar-refractivity contribution < 1.29 is 4.74 Å². The molecule has 1 aliphatic rings. The van der Waals surface area contributed by atoms with E-state index in [1.165, 1.54) is 27.5 Å². The minimum Gasteiger partial charge on any atom is -0.489 e. The van der Waals surface area contributed by atoms with Crippen LogP contribution in [0.5, 0.6) is 5.75 Å². The molecule has 2 aromatic carbocycles. The summed E-state index contributed by atoms with van der Waals surface area (Å²) in [4.78, 5) is 0. The zero-order chi connectivity index (χ0) is 14.7. The summed E-state index contributed by atoms with van der Waals surface area (Å²) in [6.45, 7) is 1.47. The van der Waals surface area contributed by atoms with Crippen LogP contribution >= 0.6 is 38.5 Å². The Morgan fingerprint density at radius 3 is 2.62 bits per heavy atom. The normalized spacial score (nSPS) is 14.2. The second-order valence-electron chi connectivity index (χ2n) is 5.32. The summed E-state index contributed by atoms with van der Waals surface area (Å²) in [5.74, 6) is 0.963. The molecule has 0 spiro atoms. The first-order valence-corrected chi connectivity index (χ1v) is 8.97. The molecule has 2 aromatic rings. The van der Waals surface area contributed by atoms with Crippen LogP contribution in [0.25, 0.3) is 0 Å². The molecule has 1 aliphatic carbocycles. The standard InChI is InChI=1S/C17H17BrINO/c18-14-3-8-17(13(9-14)10-20-16-6-7-16)21-11-12-1-4-15(19)5-2-12/h1-5,8-9,16,20H,6-7,10-11H2.